The smallest absolute Gasteiger partial charge is 0.336 e. The molecule has 74 valence electrons. The molecule has 3 nitrogen and oxygen atoms in total. The van der Waals surface area contributed by atoms with Crippen molar-refractivity contribution in [2.75, 3.05) is 6.61 Å². The largest absolute Gasteiger partial charge is 0.479 e. The molecule has 13 heavy (non-hydrogen) atoms. The first-order valence-corrected chi connectivity index (χ1v) is 4.22. The van der Waals surface area contributed by atoms with E-state index in [-0.39, 0.29) is 0 Å². The zero-order valence-electron chi connectivity index (χ0n) is 7.95. The molecule has 0 aromatic carbocycles. The van der Waals surface area contributed by atoms with Crippen LogP contribution in [0.1, 0.15) is 19.8 Å². The van der Waals surface area contributed by atoms with Crippen LogP contribution in [-0.2, 0) is 9.53 Å². The Balaban J connectivity index is 4.66. The third kappa shape index (κ3) is 3.03. The fourth-order valence-electron chi connectivity index (χ4n) is 1.18. The van der Waals surface area contributed by atoms with Crippen molar-refractivity contribution < 1.29 is 14.6 Å². The van der Waals surface area contributed by atoms with E-state index in [1.807, 2.05) is 0 Å². The van der Waals surface area contributed by atoms with Crippen molar-refractivity contribution in [1.29, 1.82) is 0 Å². The summed E-state index contributed by atoms with van der Waals surface area (Å²) >= 11 is 0. The molecule has 0 aliphatic rings. The van der Waals surface area contributed by atoms with Crippen molar-refractivity contribution in [2.24, 2.45) is 0 Å². The fourth-order valence-corrected chi connectivity index (χ4v) is 1.18. The van der Waals surface area contributed by atoms with Crippen molar-refractivity contribution in [1.82, 2.24) is 0 Å². The Bertz CT molecular complexity index is 186. The summed E-state index contributed by atoms with van der Waals surface area (Å²) in [5.41, 5.74) is -1.17. The van der Waals surface area contributed by atoms with Gasteiger partial charge >= 0.3 is 5.97 Å². The third-order valence-electron chi connectivity index (χ3n) is 1.76. The molecule has 0 rings (SSSR count). The first-order chi connectivity index (χ1) is 6.13. The van der Waals surface area contributed by atoms with Gasteiger partial charge in [0.15, 0.2) is 5.60 Å². The third-order valence-corrected chi connectivity index (χ3v) is 1.76. The normalized spacial score (nSPS) is 10.8. The Morgan fingerprint density at radius 3 is 2.15 bits per heavy atom. The van der Waals surface area contributed by atoms with E-state index >= 15 is 0 Å². The summed E-state index contributed by atoms with van der Waals surface area (Å²) in [6.45, 7) is 9.17. The van der Waals surface area contributed by atoms with Crippen LogP contribution in [0.15, 0.2) is 25.3 Å². The van der Waals surface area contributed by atoms with Gasteiger partial charge in [0, 0.05) is 19.4 Å². The Hall–Kier alpha value is -1.09. The van der Waals surface area contributed by atoms with Crippen LogP contribution in [0.25, 0.3) is 0 Å². The van der Waals surface area contributed by atoms with Gasteiger partial charge in [-0.1, -0.05) is 12.2 Å². The summed E-state index contributed by atoms with van der Waals surface area (Å²) < 4.78 is 5.23. The van der Waals surface area contributed by atoms with Crippen molar-refractivity contribution in [2.45, 2.75) is 25.4 Å². The highest BCUT2D eigenvalue weighted by Crippen LogP contribution is 2.22. The molecule has 0 radical (unpaired) electrons. The van der Waals surface area contributed by atoms with Gasteiger partial charge in [-0.25, -0.2) is 4.79 Å². The monoisotopic (exact) mass is 184 g/mol. The van der Waals surface area contributed by atoms with Crippen LogP contribution in [0.4, 0.5) is 0 Å². The van der Waals surface area contributed by atoms with Crippen molar-refractivity contribution in [3.63, 3.8) is 0 Å². The molecule has 0 heterocycles. The van der Waals surface area contributed by atoms with Gasteiger partial charge in [0.05, 0.1) is 0 Å². The van der Waals surface area contributed by atoms with Crippen LogP contribution < -0.4 is 0 Å². The second kappa shape index (κ2) is 5.54. The SMILES string of the molecule is C=CCC(CC=C)(OCC)C(=O)O. The predicted molar refractivity (Wildman–Crippen MR) is 51.6 cm³/mol. The molecule has 0 aromatic heterocycles. The van der Waals surface area contributed by atoms with Crippen molar-refractivity contribution in [3.05, 3.63) is 25.3 Å². The van der Waals surface area contributed by atoms with Crippen LogP contribution in [0.2, 0.25) is 0 Å². The minimum atomic E-state index is -1.17. The molecule has 0 atom stereocenters. The van der Waals surface area contributed by atoms with Gasteiger partial charge in [-0.3, -0.25) is 0 Å². The van der Waals surface area contributed by atoms with Gasteiger partial charge in [-0.15, -0.1) is 13.2 Å². The number of aliphatic carboxylic acids is 1. The predicted octanol–water partition coefficient (Wildman–Crippen LogP) is 2.00. The van der Waals surface area contributed by atoms with Crippen LogP contribution in [0, 0.1) is 0 Å². The first-order valence-electron chi connectivity index (χ1n) is 4.22. The van der Waals surface area contributed by atoms with E-state index in [2.05, 4.69) is 13.2 Å². The van der Waals surface area contributed by atoms with Gasteiger partial charge < -0.3 is 9.84 Å². The maximum absolute atomic E-state index is 11.0. The second-order valence-electron chi connectivity index (χ2n) is 2.72. The Morgan fingerprint density at radius 2 is 1.92 bits per heavy atom. The molecule has 0 bridgehead atoms. The molecule has 0 aromatic rings. The molecule has 0 amide bonds. The molecule has 0 saturated carbocycles. The number of carboxylic acid groups (broad SMARTS) is 1. The van der Waals surface area contributed by atoms with E-state index in [1.165, 1.54) is 0 Å². The van der Waals surface area contributed by atoms with E-state index in [4.69, 9.17) is 9.84 Å². The number of hydrogen-bond donors (Lipinski definition) is 1. The Labute approximate surface area is 78.7 Å². The zero-order valence-corrected chi connectivity index (χ0v) is 7.95. The highest BCUT2D eigenvalue weighted by atomic mass is 16.5. The number of hydrogen-bond acceptors (Lipinski definition) is 2. The van der Waals surface area contributed by atoms with E-state index < -0.39 is 11.6 Å². The highest BCUT2D eigenvalue weighted by Gasteiger charge is 2.36. The molecule has 0 saturated heterocycles. The summed E-state index contributed by atoms with van der Waals surface area (Å²) in [6, 6.07) is 0. The Kier molecular flexibility index (Phi) is 5.07. The van der Waals surface area contributed by atoms with Gasteiger partial charge in [0.1, 0.15) is 0 Å². The van der Waals surface area contributed by atoms with Crippen LogP contribution in [0.3, 0.4) is 0 Å². The minimum absolute atomic E-state index is 0.294. The molecule has 0 spiro atoms. The average Bonchev–Trinajstić information content (AvgIpc) is 2.05. The molecule has 0 aliphatic carbocycles. The number of carboxylic acids is 1. The lowest BCUT2D eigenvalue weighted by Crippen LogP contribution is -2.40. The number of rotatable bonds is 7. The number of ether oxygens (including phenoxy) is 1. The van der Waals surface area contributed by atoms with Crippen LogP contribution in [-0.4, -0.2) is 23.3 Å². The van der Waals surface area contributed by atoms with Crippen molar-refractivity contribution >= 4 is 5.97 Å². The highest BCUT2D eigenvalue weighted by molar-refractivity contribution is 5.78. The average molecular weight is 184 g/mol. The molecule has 0 fully saturated rings. The summed E-state index contributed by atoms with van der Waals surface area (Å²) in [5.74, 6) is -0.964. The molecule has 3 heteroatoms. The molecular weight excluding hydrogens is 168 g/mol. The maximum Gasteiger partial charge on any atom is 0.336 e. The fraction of sp³-hybridized carbons (Fsp3) is 0.500. The summed E-state index contributed by atoms with van der Waals surface area (Å²) in [5, 5.41) is 9.00. The summed E-state index contributed by atoms with van der Waals surface area (Å²) in [4.78, 5) is 11.0. The van der Waals surface area contributed by atoms with E-state index in [1.54, 1.807) is 19.1 Å². The van der Waals surface area contributed by atoms with Crippen LogP contribution >= 0.6 is 0 Å². The summed E-state index contributed by atoms with van der Waals surface area (Å²) in [7, 11) is 0. The van der Waals surface area contributed by atoms with E-state index in [9.17, 15) is 4.79 Å². The van der Waals surface area contributed by atoms with Gasteiger partial charge in [0.2, 0.25) is 0 Å². The lowest BCUT2D eigenvalue weighted by atomic mass is 9.95. The zero-order chi connectivity index (χ0) is 10.3. The van der Waals surface area contributed by atoms with E-state index in [0.717, 1.165) is 0 Å². The molecular formula is C10H16O3. The van der Waals surface area contributed by atoms with Gasteiger partial charge in [-0.2, -0.15) is 0 Å². The molecule has 1 N–H and O–H groups in total. The number of carbonyl (C=O) groups is 1. The summed E-state index contributed by atoms with van der Waals surface area (Å²) in [6.07, 6.45) is 3.69. The second-order valence-corrected chi connectivity index (χ2v) is 2.72. The standard InChI is InChI=1S/C10H16O3/c1-4-7-10(8-5-2,9(11)12)13-6-3/h4-5H,1-2,6-8H2,3H3,(H,11,12). The maximum atomic E-state index is 11.0. The topological polar surface area (TPSA) is 46.5 Å². The Morgan fingerprint density at radius 1 is 1.46 bits per heavy atom. The van der Waals surface area contributed by atoms with Gasteiger partial charge in [0.25, 0.3) is 0 Å². The quantitative estimate of drug-likeness (QED) is 0.615. The molecule has 0 aliphatic heterocycles. The van der Waals surface area contributed by atoms with Crippen molar-refractivity contribution in [3.8, 4) is 0 Å². The first kappa shape index (κ1) is 11.9. The lowest BCUT2D eigenvalue weighted by molar-refractivity contribution is -0.164. The van der Waals surface area contributed by atoms with Crippen LogP contribution in [0.5, 0.6) is 0 Å². The minimum Gasteiger partial charge on any atom is -0.479 e. The lowest BCUT2D eigenvalue weighted by Gasteiger charge is -2.26. The molecule has 0 unspecified atom stereocenters. The van der Waals surface area contributed by atoms with E-state index in [0.29, 0.717) is 19.4 Å². The van der Waals surface area contributed by atoms with Gasteiger partial charge in [-0.05, 0) is 6.92 Å².